The number of benzene rings is 1. The SMILES string of the molecule is FC(F)(F)Oc1ccc(N2CC3CNCC3C2)cc1. The van der Waals surface area contributed by atoms with Gasteiger partial charge in [0.25, 0.3) is 0 Å². The molecule has 2 aliphatic heterocycles. The number of fused-ring (bicyclic) bond motifs is 1. The van der Waals surface area contributed by atoms with Crippen molar-refractivity contribution >= 4 is 5.69 Å². The summed E-state index contributed by atoms with van der Waals surface area (Å²) in [4.78, 5) is 2.23. The summed E-state index contributed by atoms with van der Waals surface area (Å²) in [7, 11) is 0. The fourth-order valence-electron chi connectivity index (χ4n) is 2.92. The minimum absolute atomic E-state index is 0.169. The van der Waals surface area contributed by atoms with Gasteiger partial charge in [0.05, 0.1) is 0 Å². The Balaban J connectivity index is 1.66. The molecule has 0 amide bonds. The highest BCUT2D eigenvalue weighted by Crippen LogP contribution is 2.32. The van der Waals surface area contributed by atoms with Gasteiger partial charge in [0, 0.05) is 31.9 Å². The van der Waals surface area contributed by atoms with Crippen LogP contribution in [0.1, 0.15) is 0 Å². The molecule has 0 bridgehead atoms. The second kappa shape index (κ2) is 4.59. The molecule has 3 nitrogen and oxygen atoms in total. The van der Waals surface area contributed by atoms with Crippen LogP contribution >= 0.6 is 0 Å². The molecule has 0 spiro atoms. The van der Waals surface area contributed by atoms with Gasteiger partial charge in [-0.05, 0) is 36.1 Å². The molecular formula is C13H15F3N2O. The van der Waals surface area contributed by atoms with Gasteiger partial charge in [0.2, 0.25) is 0 Å². The minimum atomic E-state index is -4.63. The van der Waals surface area contributed by atoms with Crippen molar-refractivity contribution in [3.05, 3.63) is 24.3 Å². The molecule has 0 radical (unpaired) electrons. The highest BCUT2D eigenvalue weighted by Gasteiger charge is 2.36. The van der Waals surface area contributed by atoms with Gasteiger partial charge >= 0.3 is 6.36 Å². The van der Waals surface area contributed by atoms with Crippen LogP contribution in [-0.2, 0) is 0 Å². The van der Waals surface area contributed by atoms with Gasteiger partial charge in [-0.25, -0.2) is 0 Å². The van der Waals surface area contributed by atoms with E-state index in [2.05, 4.69) is 15.0 Å². The van der Waals surface area contributed by atoms with Crippen LogP contribution in [0, 0.1) is 11.8 Å². The summed E-state index contributed by atoms with van der Waals surface area (Å²) in [6.45, 7) is 4.02. The summed E-state index contributed by atoms with van der Waals surface area (Å²) < 4.78 is 40.0. The monoisotopic (exact) mass is 272 g/mol. The molecule has 1 N–H and O–H groups in total. The molecule has 2 fully saturated rings. The standard InChI is InChI=1S/C13H15F3N2O/c14-13(15,16)19-12-3-1-11(2-4-12)18-7-9-5-17-6-10(9)8-18/h1-4,9-10,17H,5-8H2. The van der Waals surface area contributed by atoms with E-state index in [1.165, 1.54) is 12.1 Å². The lowest BCUT2D eigenvalue weighted by molar-refractivity contribution is -0.274. The van der Waals surface area contributed by atoms with Crippen molar-refractivity contribution in [3.63, 3.8) is 0 Å². The molecule has 2 atom stereocenters. The molecule has 0 aromatic heterocycles. The molecule has 104 valence electrons. The lowest BCUT2D eigenvalue weighted by Gasteiger charge is -2.20. The van der Waals surface area contributed by atoms with Crippen LogP contribution in [-0.4, -0.2) is 32.5 Å². The number of nitrogens with one attached hydrogen (secondary N) is 1. The van der Waals surface area contributed by atoms with E-state index in [1.54, 1.807) is 12.1 Å². The maximum Gasteiger partial charge on any atom is 0.573 e. The topological polar surface area (TPSA) is 24.5 Å². The van der Waals surface area contributed by atoms with Crippen LogP contribution < -0.4 is 15.0 Å². The quantitative estimate of drug-likeness (QED) is 0.893. The Morgan fingerprint density at radius 2 is 1.63 bits per heavy atom. The zero-order valence-corrected chi connectivity index (χ0v) is 10.3. The van der Waals surface area contributed by atoms with E-state index in [4.69, 9.17) is 0 Å². The average molecular weight is 272 g/mol. The van der Waals surface area contributed by atoms with Crippen molar-refractivity contribution in [2.24, 2.45) is 11.8 Å². The smallest absolute Gasteiger partial charge is 0.406 e. The molecular weight excluding hydrogens is 257 g/mol. The third-order valence-corrected chi connectivity index (χ3v) is 3.82. The molecule has 19 heavy (non-hydrogen) atoms. The van der Waals surface area contributed by atoms with E-state index in [-0.39, 0.29) is 5.75 Å². The molecule has 2 aliphatic rings. The number of alkyl halides is 3. The first-order valence-electron chi connectivity index (χ1n) is 6.33. The van der Waals surface area contributed by atoms with Gasteiger partial charge in [-0.2, -0.15) is 0 Å². The van der Waals surface area contributed by atoms with Crippen LogP contribution in [0.5, 0.6) is 5.75 Å². The van der Waals surface area contributed by atoms with Crippen molar-refractivity contribution in [3.8, 4) is 5.75 Å². The normalized spacial score (nSPS) is 26.6. The van der Waals surface area contributed by atoms with Crippen LogP contribution in [0.2, 0.25) is 0 Å². The summed E-state index contributed by atoms with van der Waals surface area (Å²) in [5.74, 6) is 1.15. The third kappa shape index (κ3) is 2.78. The molecule has 1 aromatic carbocycles. The predicted molar refractivity (Wildman–Crippen MR) is 65.2 cm³/mol. The van der Waals surface area contributed by atoms with E-state index in [9.17, 15) is 13.2 Å². The molecule has 1 aromatic rings. The van der Waals surface area contributed by atoms with E-state index in [0.29, 0.717) is 11.8 Å². The lowest BCUT2D eigenvalue weighted by Crippen LogP contribution is -2.25. The Hall–Kier alpha value is -1.43. The van der Waals surface area contributed by atoms with Gasteiger partial charge in [-0.1, -0.05) is 0 Å². The Kier molecular flexibility index (Phi) is 3.05. The summed E-state index contributed by atoms with van der Waals surface area (Å²) in [6.07, 6.45) is -4.63. The highest BCUT2D eigenvalue weighted by molar-refractivity contribution is 5.50. The molecule has 6 heteroatoms. The summed E-state index contributed by atoms with van der Waals surface area (Å²) in [5.41, 5.74) is 0.962. The molecule has 2 saturated heterocycles. The largest absolute Gasteiger partial charge is 0.573 e. The van der Waals surface area contributed by atoms with Crippen molar-refractivity contribution in [1.29, 1.82) is 0 Å². The van der Waals surface area contributed by atoms with Crippen LogP contribution in [0.15, 0.2) is 24.3 Å². The molecule has 0 saturated carbocycles. The van der Waals surface area contributed by atoms with Crippen LogP contribution in [0.25, 0.3) is 0 Å². The first kappa shape index (κ1) is 12.6. The number of anilines is 1. The van der Waals surface area contributed by atoms with Gasteiger partial charge < -0.3 is 15.0 Å². The minimum Gasteiger partial charge on any atom is -0.406 e. The maximum absolute atomic E-state index is 12.1. The number of hydrogen-bond acceptors (Lipinski definition) is 3. The van der Waals surface area contributed by atoms with E-state index < -0.39 is 6.36 Å². The maximum atomic E-state index is 12.1. The summed E-state index contributed by atoms with van der Waals surface area (Å²) in [5, 5.41) is 3.36. The van der Waals surface area contributed by atoms with E-state index >= 15 is 0 Å². The molecule has 0 aliphatic carbocycles. The van der Waals surface area contributed by atoms with Crippen molar-refractivity contribution < 1.29 is 17.9 Å². The number of nitrogens with zero attached hydrogens (tertiary/aromatic N) is 1. The molecule has 2 heterocycles. The average Bonchev–Trinajstić information content (AvgIpc) is 2.87. The number of hydrogen-bond donors (Lipinski definition) is 1. The van der Waals surface area contributed by atoms with Crippen molar-refractivity contribution in [1.82, 2.24) is 5.32 Å². The van der Waals surface area contributed by atoms with Gasteiger partial charge in [0.15, 0.2) is 0 Å². The fourth-order valence-corrected chi connectivity index (χ4v) is 2.92. The molecule has 2 unspecified atom stereocenters. The number of halogens is 3. The summed E-state index contributed by atoms with van der Waals surface area (Å²) in [6, 6.07) is 6.12. The first-order valence-corrected chi connectivity index (χ1v) is 6.33. The Bertz CT molecular complexity index is 434. The zero-order valence-electron chi connectivity index (χ0n) is 10.3. The first-order chi connectivity index (χ1) is 9.01. The Labute approximate surface area is 109 Å². The fraction of sp³-hybridized carbons (Fsp3) is 0.538. The van der Waals surface area contributed by atoms with Gasteiger partial charge in [-0.3, -0.25) is 0 Å². The second-order valence-corrected chi connectivity index (χ2v) is 5.13. The molecule has 3 rings (SSSR count). The van der Waals surface area contributed by atoms with Crippen LogP contribution in [0.4, 0.5) is 18.9 Å². The Morgan fingerprint density at radius 1 is 1.05 bits per heavy atom. The Morgan fingerprint density at radius 3 is 2.16 bits per heavy atom. The van der Waals surface area contributed by atoms with Gasteiger partial charge in [-0.15, -0.1) is 13.2 Å². The predicted octanol–water partition coefficient (Wildman–Crippen LogP) is 2.24. The lowest BCUT2D eigenvalue weighted by atomic mass is 10.0. The zero-order chi connectivity index (χ0) is 13.5. The number of ether oxygens (including phenoxy) is 1. The van der Waals surface area contributed by atoms with Gasteiger partial charge in [0.1, 0.15) is 5.75 Å². The van der Waals surface area contributed by atoms with Crippen LogP contribution in [0.3, 0.4) is 0 Å². The van der Waals surface area contributed by atoms with E-state index in [0.717, 1.165) is 31.9 Å². The summed E-state index contributed by atoms with van der Waals surface area (Å²) >= 11 is 0. The third-order valence-electron chi connectivity index (χ3n) is 3.82. The van der Waals surface area contributed by atoms with Crippen molar-refractivity contribution in [2.45, 2.75) is 6.36 Å². The number of rotatable bonds is 2. The second-order valence-electron chi connectivity index (χ2n) is 5.13. The van der Waals surface area contributed by atoms with Crippen molar-refractivity contribution in [2.75, 3.05) is 31.1 Å². The highest BCUT2D eigenvalue weighted by atomic mass is 19.4. The van der Waals surface area contributed by atoms with E-state index in [1.807, 2.05) is 0 Å².